The molecule has 0 spiro atoms. The fourth-order valence-corrected chi connectivity index (χ4v) is 2.18. The molecule has 0 bridgehead atoms. The maximum atomic E-state index is 13.3. The minimum absolute atomic E-state index is 0.0455. The Balaban J connectivity index is 2.16. The lowest BCUT2D eigenvalue weighted by Gasteiger charge is -2.05. The van der Waals surface area contributed by atoms with Crippen molar-refractivity contribution in [2.75, 3.05) is 11.1 Å². The molecule has 1 heterocycles. The number of rotatable bonds is 4. The van der Waals surface area contributed by atoms with E-state index < -0.39 is 5.82 Å². The van der Waals surface area contributed by atoms with Crippen LogP contribution in [0.1, 0.15) is 28.7 Å². The van der Waals surface area contributed by atoms with E-state index in [9.17, 15) is 9.18 Å². The first-order chi connectivity index (χ1) is 9.11. The predicted molar refractivity (Wildman–Crippen MR) is 72.7 cm³/mol. The van der Waals surface area contributed by atoms with E-state index in [0.29, 0.717) is 22.7 Å². The first kappa shape index (κ1) is 13.4. The van der Waals surface area contributed by atoms with Gasteiger partial charge in [0.05, 0.1) is 11.4 Å². The number of nitrogens with one attached hydrogen (secondary N) is 1. The number of aromatic nitrogens is 2. The Morgan fingerprint density at radius 2 is 2.32 bits per heavy atom. The molecule has 3 N–H and O–H groups in total. The summed E-state index contributed by atoms with van der Waals surface area (Å²) in [6.07, 6.45) is 1.57. The van der Waals surface area contributed by atoms with E-state index in [1.165, 1.54) is 12.1 Å². The van der Waals surface area contributed by atoms with Gasteiger partial charge in [0, 0.05) is 5.69 Å². The van der Waals surface area contributed by atoms with E-state index in [4.69, 9.17) is 5.73 Å². The first-order valence-electron chi connectivity index (χ1n) is 5.79. The van der Waals surface area contributed by atoms with E-state index in [-0.39, 0.29) is 11.6 Å². The lowest BCUT2D eigenvalue weighted by Crippen LogP contribution is -2.12. The van der Waals surface area contributed by atoms with Crippen molar-refractivity contribution in [3.63, 3.8) is 0 Å². The summed E-state index contributed by atoms with van der Waals surface area (Å²) in [5.74, 6) is -0.892. The highest BCUT2D eigenvalue weighted by molar-refractivity contribution is 7.08. The lowest BCUT2D eigenvalue weighted by molar-refractivity contribution is 0.102. The van der Waals surface area contributed by atoms with Gasteiger partial charge in [-0.2, -0.15) is 0 Å². The molecule has 1 aromatic heterocycles. The van der Waals surface area contributed by atoms with Gasteiger partial charge in [-0.05, 0) is 36.2 Å². The van der Waals surface area contributed by atoms with Crippen LogP contribution in [-0.2, 0) is 6.42 Å². The largest absolute Gasteiger partial charge is 0.396 e. The van der Waals surface area contributed by atoms with Gasteiger partial charge < -0.3 is 11.1 Å². The minimum Gasteiger partial charge on any atom is -0.396 e. The van der Waals surface area contributed by atoms with E-state index in [2.05, 4.69) is 14.9 Å². The zero-order valence-corrected chi connectivity index (χ0v) is 11.1. The summed E-state index contributed by atoms with van der Waals surface area (Å²) in [5.41, 5.74) is 6.44. The second-order valence-electron chi connectivity index (χ2n) is 3.99. The summed E-state index contributed by atoms with van der Waals surface area (Å²) in [4.78, 5) is 12.5. The summed E-state index contributed by atoms with van der Waals surface area (Å²) >= 11 is 1.03. The van der Waals surface area contributed by atoms with Crippen LogP contribution in [-0.4, -0.2) is 15.5 Å². The molecule has 0 radical (unpaired) electrons. The molecule has 0 aliphatic rings. The second-order valence-corrected chi connectivity index (χ2v) is 4.74. The Labute approximate surface area is 113 Å². The van der Waals surface area contributed by atoms with E-state index in [1.54, 1.807) is 6.07 Å². The van der Waals surface area contributed by atoms with E-state index in [1.807, 2.05) is 6.92 Å². The highest BCUT2D eigenvalue weighted by Crippen LogP contribution is 2.19. The van der Waals surface area contributed by atoms with Crippen LogP contribution in [0.2, 0.25) is 0 Å². The van der Waals surface area contributed by atoms with Crippen LogP contribution in [0, 0.1) is 5.82 Å². The van der Waals surface area contributed by atoms with Gasteiger partial charge in [-0.25, -0.2) is 4.39 Å². The molecule has 100 valence electrons. The van der Waals surface area contributed by atoms with Gasteiger partial charge in [0.15, 0.2) is 0 Å². The van der Waals surface area contributed by atoms with Gasteiger partial charge in [0.1, 0.15) is 10.7 Å². The zero-order chi connectivity index (χ0) is 13.8. The van der Waals surface area contributed by atoms with Gasteiger partial charge in [0.2, 0.25) is 0 Å². The standard InChI is InChI=1S/C12H13FN4OS/c1-2-3-10-11(19-17-16-10)12(18)15-7-4-5-9(14)8(13)6-7/h4-6H,2-3,14H2,1H3,(H,15,18). The van der Waals surface area contributed by atoms with Crippen LogP contribution in [0.25, 0.3) is 0 Å². The number of nitrogens with two attached hydrogens (primary N) is 1. The molecule has 2 aromatic rings. The minimum atomic E-state index is -0.561. The highest BCUT2D eigenvalue weighted by atomic mass is 32.1. The van der Waals surface area contributed by atoms with Crippen molar-refractivity contribution in [2.45, 2.75) is 19.8 Å². The molecule has 0 saturated heterocycles. The number of hydrogen-bond acceptors (Lipinski definition) is 5. The number of aryl methyl sites for hydroxylation is 1. The molecule has 5 nitrogen and oxygen atoms in total. The molecule has 7 heteroatoms. The molecule has 0 unspecified atom stereocenters. The van der Waals surface area contributed by atoms with Crippen molar-refractivity contribution in [2.24, 2.45) is 0 Å². The van der Waals surface area contributed by atoms with Gasteiger partial charge in [-0.1, -0.05) is 17.8 Å². The molecule has 19 heavy (non-hydrogen) atoms. The van der Waals surface area contributed by atoms with Crippen LogP contribution in [0.5, 0.6) is 0 Å². The van der Waals surface area contributed by atoms with Crippen molar-refractivity contribution in [3.8, 4) is 0 Å². The fraction of sp³-hybridized carbons (Fsp3) is 0.250. The monoisotopic (exact) mass is 280 g/mol. The molecule has 0 fully saturated rings. The van der Waals surface area contributed by atoms with E-state index in [0.717, 1.165) is 18.0 Å². The third-order valence-corrected chi connectivity index (χ3v) is 3.27. The number of anilines is 2. The Morgan fingerprint density at radius 1 is 1.53 bits per heavy atom. The zero-order valence-electron chi connectivity index (χ0n) is 10.3. The average molecular weight is 280 g/mol. The number of benzene rings is 1. The third-order valence-electron chi connectivity index (χ3n) is 2.51. The molecule has 0 saturated carbocycles. The summed E-state index contributed by atoms with van der Waals surface area (Å²) in [5, 5.41) is 6.52. The molecule has 0 aliphatic carbocycles. The number of carbonyl (C=O) groups excluding carboxylic acids is 1. The molecule has 0 atom stereocenters. The Hall–Kier alpha value is -2.02. The van der Waals surface area contributed by atoms with Gasteiger partial charge in [0.25, 0.3) is 5.91 Å². The molecular formula is C12H13FN4OS. The van der Waals surface area contributed by atoms with Crippen LogP contribution in [0.3, 0.4) is 0 Å². The normalized spacial score (nSPS) is 10.4. The van der Waals surface area contributed by atoms with Crippen LogP contribution < -0.4 is 11.1 Å². The van der Waals surface area contributed by atoms with Crippen molar-refractivity contribution in [3.05, 3.63) is 34.6 Å². The van der Waals surface area contributed by atoms with Gasteiger partial charge in [-0.15, -0.1) is 5.10 Å². The van der Waals surface area contributed by atoms with Crippen LogP contribution in [0.15, 0.2) is 18.2 Å². The van der Waals surface area contributed by atoms with Crippen molar-refractivity contribution < 1.29 is 9.18 Å². The number of amides is 1. The summed E-state index contributed by atoms with van der Waals surface area (Å²) in [6, 6.07) is 4.13. The SMILES string of the molecule is CCCc1nnsc1C(=O)Nc1ccc(N)c(F)c1. The molecule has 1 amide bonds. The van der Waals surface area contributed by atoms with Crippen molar-refractivity contribution in [1.29, 1.82) is 0 Å². The first-order valence-corrected chi connectivity index (χ1v) is 6.56. The van der Waals surface area contributed by atoms with Crippen LogP contribution in [0.4, 0.5) is 15.8 Å². The van der Waals surface area contributed by atoms with Gasteiger partial charge >= 0.3 is 0 Å². The third kappa shape index (κ3) is 3.05. The Morgan fingerprint density at radius 3 is 3.00 bits per heavy atom. The summed E-state index contributed by atoms with van der Waals surface area (Å²) < 4.78 is 17.0. The Bertz CT molecular complexity index is 599. The molecule has 1 aromatic carbocycles. The number of nitrogens with zero attached hydrogens (tertiary/aromatic N) is 2. The van der Waals surface area contributed by atoms with E-state index >= 15 is 0 Å². The topological polar surface area (TPSA) is 80.9 Å². The fourth-order valence-electron chi connectivity index (χ4n) is 1.57. The van der Waals surface area contributed by atoms with Crippen LogP contribution >= 0.6 is 11.5 Å². The number of halogens is 1. The average Bonchev–Trinajstić information content (AvgIpc) is 2.83. The Kier molecular flexibility index (Phi) is 4.06. The van der Waals surface area contributed by atoms with Crippen molar-refractivity contribution in [1.82, 2.24) is 9.59 Å². The smallest absolute Gasteiger partial charge is 0.269 e. The molecule has 0 aliphatic heterocycles. The van der Waals surface area contributed by atoms with Gasteiger partial charge in [-0.3, -0.25) is 4.79 Å². The number of hydrogen-bond donors (Lipinski definition) is 2. The summed E-state index contributed by atoms with van der Waals surface area (Å²) in [7, 11) is 0. The number of carbonyl (C=O) groups is 1. The summed E-state index contributed by atoms with van der Waals surface area (Å²) in [6.45, 7) is 2.00. The molecule has 2 rings (SSSR count). The maximum Gasteiger partial charge on any atom is 0.269 e. The maximum absolute atomic E-state index is 13.3. The van der Waals surface area contributed by atoms with Crippen molar-refractivity contribution >= 4 is 28.8 Å². The molecular weight excluding hydrogens is 267 g/mol. The quantitative estimate of drug-likeness (QED) is 0.843. The predicted octanol–water partition coefficient (Wildman–Crippen LogP) is 2.46. The lowest BCUT2D eigenvalue weighted by atomic mass is 10.2. The number of nitrogen functional groups attached to an aromatic ring is 1. The highest BCUT2D eigenvalue weighted by Gasteiger charge is 2.16. The second kappa shape index (κ2) is 5.75.